The maximum atomic E-state index is 12.5. The Balaban J connectivity index is -0.000000341. The first kappa shape index (κ1) is 131. The van der Waals surface area contributed by atoms with E-state index in [2.05, 4.69) is 26.1 Å². The molecule has 38 nitrogen and oxygen atoms in total. The lowest BCUT2D eigenvalue weighted by atomic mass is 9.99. The number of nitrogens with zero attached hydrogens (tertiary/aromatic N) is 6. The van der Waals surface area contributed by atoms with Gasteiger partial charge in [0.15, 0.2) is 0 Å². The number of carbonyl (C=O) groups excluding carboxylic acids is 3. The van der Waals surface area contributed by atoms with Crippen molar-refractivity contribution in [3.8, 4) is 0 Å². The first-order chi connectivity index (χ1) is 58.0. The predicted molar refractivity (Wildman–Crippen MR) is 476 cm³/mol. The Labute approximate surface area is 743 Å². The molecule has 0 saturated carbocycles. The monoisotopic (exact) mass is 1810 g/mol. The molecule has 0 saturated heterocycles. The highest BCUT2D eigenvalue weighted by atomic mass is 16.6. The summed E-state index contributed by atoms with van der Waals surface area (Å²) in [6, 6.07) is -0.589. The van der Waals surface area contributed by atoms with Crippen molar-refractivity contribution in [2.45, 2.75) is 350 Å². The van der Waals surface area contributed by atoms with Crippen LogP contribution in [0.4, 0.5) is 14.4 Å². The van der Waals surface area contributed by atoms with Crippen LogP contribution in [0.5, 0.6) is 0 Å². The Bertz CT molecular complexity index is 2370. The van der Waals surface area contributed by atoms with Gasteiger partial charge in [-0.2, -0.15) is 0 Å². The molecule has 0 radical (unpaired) electrons. The zero-order valence-electron chi connectivity index (χ0n) is 79.2. The lowest BCUT2D eigenvalue weighted by Crippen LogP contribution is -2.60. The van der Waals surface area contributed by atoms with Crippen LogP contribution >= 0.6 is 0 Å². The summed E-state index contributed by atoms with van der Waals surface area (Å²) in [5.41, 5.74) is -7.27. The Hall–Kier alpha value is -3.35. The Morgan fingerprint density at radius 3 is 0.855 bits per heavy atom. The second kappa shape index (κ2) is 76.2. The summed E-state index contributed by atoms with van der Waals surface area (Å²) < 4.78 is 15.7. The Morgan fingerprint density at radius 2 is 0.581 bits per heavy atom. The molecule has 0 spiro atoms. The highest BCUT2D eigenvalue weighted by Gasteiger charge is 2.42. The maximum Gasteiger partial charge on any atom is 0.410 e. The molecule has 38 heteroatoms. The average Bonchev–Trinajstić information content (AvgIpc) is 0.805. The number of rotatable bonds is 64. The number of likely N-dealkylation sites (N-methyl/N-ethyl adjacent to an activating group) is 4. The van der Waals surface area contributed by atoms with Gasteiger partial charge in [-0.15, -0.1) is 0 Å². The van der Waals surface area contributed by atoms with Crippen LogP contribution < -0.4 is 5.32 Å². The van der Waals surface area contributed by atoms with E-state index >= 15 is 0 Å². The number of hydrogen-bond donors (Lipinski definition) is 26. The quantitative estimate of drug-likeness (QED) is 0.0280. The number of aliphatic hydroxyl groups excluding tert-OH is 25. The molecule has 0 heterocycles. The summed E-state index contributed by atoms with van der Waals surface area (Å²) in [7, 11) is 8.33. The number of unbranched alkanes of at least 4 members (excludes halogenated alkanes) is 23. The van der Waals surface area contributed by atoms with Gasteiger partial charge in [-0.3, -0.25) is 14.7 Å². The lowest BCUT2D eigenvalue weighted by molar-refractivity contribution is -0.118. The predicted octanol–water partition coefficient (Wildman–Crippen LogP) is -0.0747. The van der Waals surface area contributed by atoms with Crippen LogP contribution in [-0.2, 0) is 14.2 Å². The van der Waals surface area contributed by atoms with E-state index in [1.807, 2.05) is 32.7 Å². The van der Waals surface area contributed by atoms with E-state index in [4.69, 9.17) is 44.8 Å². The molecule has 0 aromatic heterocycles. The minimum Gasteiger partial charge on any atom is -0.444 e. The molecule has 26 N–H and O–H groups in total. The summed E-state index contributed by atoms with van der Waals surface area (Å²) in [5, 5.41) is 235. The topological polar surface area (TPSA) is 616 Å². The molecule has 0 aliphatic rings. The second-order valence-electron chi connectivity index (χ2n) is 36.0. The molecule has 0 bridgehead atoms. The van der Waals surface area contributed by atoms with Crippen molar-refractivity contribution in [1.82, 2.24) is 34.7 Å². The van der Waals surface area contributed by atoms with E-state index in [9.17, 15) is 111 Å². The van der Waals surface area contributed by atoms with Crippen LogP contribution in [0.25, 0.3) is 0 Å². The molecule has 0 aliphatic carbocycles. The molecule has 0 fully saturated rings. The van der Waals surface area contributed by atoms with Gasteiger partial charge in [0.1, 0.15) is 64.5 Å². The van der Waals surface area contributed by atoms with E-state index in [-0.39, 0.29) is 39.4 Å². The van der Waals surface area contributed by atoms with Crippen molar-refractivity contribution in [2.75, 3.05) is 187 Å². The van der Waals surface area contributed by atoms with Gasteiger partial charge in [-0.05, 0) is 123 Å². The van der Waals surface area contributed by atoms with Crippen LogP contribution in [0.2, 0.25) is 0 Å². The number of amides is 3. The molecule has 0 rings (SSSR count). The van der Waals surface area contributed by atoms with E-state index in [0.717, 1.165) is 51.5 Å². The molecule has 8 unspecified atom stereocenters. The molecular weight excluding hydrogens is 1630 g/mol. The van der Waals surface area contributed by atoms with Crippen molar-refractivity contribution in [1.29, 1.82) is 0 Å². The Morgan fingerprint density at radius 1 is 0.306 bits per heavy atom. The van der Waals surface area contributed by atoms with Crippen molar-refractivity contribution in [2.24, 2.45) is 0 Å². The number of aliphatic hydroxyl groups is 25. The molecule has 8 atom stereocenters. The summed E-state index contributed by atoms with van der Waals surface area (Å²) >= 11 is 0. The number of carbonyl (C=O) groups is 3. The number of hydrogen-bond acceptors (Lipinski definition) is 35. The fraction of sp³-hybridized carbons (Fsp3) is 0.965. The van der Waals surface area contributed by atoms with E-state index in [1.54, 1.807) is 74.6 Å². The van der Waals surface area contributed by atoms with E-state index < -0.39 is 211 Å². The van der Waals surface area contributed by atoms with Gasteiger partial charge in [0.25, 0.3) is 0 Å². The second-order valence-corrected chi connectivity index (χ2v) is 36.0. The van der Waals surface area contributed by atoms with Crippen LogP contribution in [0.15, 0.2) is 0 Å². The van der Waals surface area contributed by atoms with Crippen molar-refractivity contribution in [3.63, 3.8) is 0 Å². The summed E-state index contributed by atoms with van der Waals surface area (Å²) in [6.45, 7) is 16.6. The largest absolute Gasteiger partial charge is 0.444 e. The van der Waals surface area contributed by atoms with Gasteiger partial charge in [0.2, 0.25) is 0 Å². The van der Waals surface area contributed by atoms with Crippen LogP contribution in [0, 0.1) is 0 Å². The average molecular weight is 1810 g/mol. The number of nitrogens with one attached hydrogen (secondary N) is 1. The zero-order valence-corrected chi connectivity index (χ0v) is 79.2. The van der Waals surface area contributed by atoms with Crippen LogP contribution in [-0.4, -0.2) is 462 Å². The highest BCUT2D eigenvalue weighted by Crippen LogP contribution is 2.24. The Kier molecular flexibility index (Phi) is 80.8. The van der Waals surface area contributed by atoms with Gasteiger partial charge in [-0.25, -0.2) is 14.4 Å². The fourth-order valence-electron chi connectivity index (χ4n) is 11.9. The third-order valence-electron chi connectivity index (χ3n) is 20.7. The molecule has 0 aromatic carbocycles. The minimum atomic E-state index is -1.55. The number of ether oxygens (including phenoxy) is 3. The third kappa shape index (κ3) is 62.1. The van der Waals surface area contributed by atoms with Crippen molar-refractivity contribution >= 4 is 18.3 Å². The van der Waals surface area contributed by atoms with Gasteiger partial charge < -0.3 is 162 Å². The van der Waals surface area contributed by atoms with E-state index in [1.165, 1.54) is 142 Å². The molecule has 124 heavy (non-hydrogen) atoms. The summed E-state index contributed by atoms with van der Waals surface area (Å²) in [4.78, 5) is 45.3. The number of β-amino-alcohol motifs (C(OH)–C–C–N with tert-alkyl or cyclic N) is 1. The van der Waals surface area contributed by atoms with Crippen LogP contribution in [0.3, 0.4) is 0 Å². The van der Waals surface area contributed by atoms with Gasteiger partial charge in [0, 0.05) is 39.3 Å². The van der Waals surface area contributed by atoms with E-state index in [0.29, 0.717) is 13.1 Å². The lowest BCUT2D eigenvalue weighted by Gasteiger charge is -2.41. The standard InChI is InChI=1S/C21H43NO5.C20H41NO4.C15H33NO5.C13H30N2O7.C9H19NO5.C8H19NO5/c1-5-6-7-8-9-10-11-12-13-14-15-22(19(26)27-20(2,3)4)21(16-23,17-24)18-25;1-5-6-7-8-9-10-11-12-13-14-15-21(18(16-22)17-23)19(24)25-20(2,3)4;1-3-4-5-6-7-8-9-16(2)10-12(18)14(20)15(21)13(19)11-17;1-14(12(5-16,6-17)7-18)3-11(22)4-15(2)13(8-19,9-20)10-21;1-8(2,3)15-7(14)10-9(4-11,5-12)6-13;1-9(2)3-5(11)7(13)8(14)6(12)4-10/h23-25H,5-18H2,1-4H3;18,22-23H,5-17H2,1-4H3;12-15,17-21H,3-11H2,1-2H3;11,16-22H,3-10H2,1-2H3;11-13H,4-6H2,1-3H3,(H,10,14);5-8,10-14H,3-4H2,1-2H3. The van der Waals surface area contributed by atoms with Crippen molar-refractivity contribution in [3.05, 3.63) is 0 Å². The number of alkyl carbamates (subject to hydrolysis) is 1. The summed E-state index contributed by atoms with van der Waals surface area (Å²) in [5.74, 6) is 0. The normalized spacial score (nSPS) is 14.3. The van der Waals surface area contributed by atoms with Crippen LogP contribution in [0.1, 0.15) is 250 Å². The smallest absolute Gasteiger partial charge is 0.410 e. The molecule has 0 aliphatic heterocycles. The summed E-state index contributed by atoms with van der Waals surface area (Å²) in [6.07, 6.45) is 17.1. The third-order valence-corrected chi connectivity index (χ3v) is 20.7. The molecule has 0 aromatic rings. The zero-order chi connectivity index (χ0) is 96.9. The molecule has 750 valence electrons. The fourth-order valence-corrected chi connectivity index (χ4v) is 11.9. The SMILES string of the molecule is CC(C)(C)OC(=O)NC(CO)(CO)CO.CCCCCCCCCCCCN(C(=O)OC(C)(C)C)C(CO)(CO)CO.CCCCCCCCCCCCN(C(=O)OC(C)(C)C)C(CO)CO.CCCCCCCCN(C)CC(O)C(O)C(O)C(O)CO.CN(C)CC(O)C(O)C(O)C(O)CO.CN(CC(O)CN(C)C(CO)(CO)CO)C(CO)(CO)CO. The first-order valence-corrected chi connectivity index (χ1v) is 44.7. The van der Waals surface area contributed by atoms with Gasteiger partial charge in [0.05, 0.1) is 141 Å². The first-order valence-electron chi connectivity index (χ1n) is 44.7. The van der Waals surface area contributed by atoms with Gasteiger partial charge in [-0.1, -0.05) is 168 Å². The highest BCUT2D eigenvalue weighted by molar-refractivity contribution is 5.70. The molecule has 3 amide bonds. The van der Waals surface area contributed by atoms with Crippen molar-refractivity contribution < 1.29 is 156 Å². The maximum absolute atomic E-state index is 12.5. The molecular formula is C86H185N7O31. The van der Waals surface area contributed by atoms with Gasteiger partial charge >= 0.3 is 18.3 Å². The minimum absolute atomic E-state index is 0.0321.